The lowest BCUT2D eigenvalue weighted by atomic mass is 10.1. The van der Waals surface area contributed by atoms with Gasteiger partial charge in [-0.05, 0) is 47.0 Å². The van der Waals surface area contributed by atoms with Crippen LogP contribution in [0, 0.1) is 12.7 Å². The van der Waals surface area contributed by atoms with E-state index in [-0.39, 0.29) is 11.9 Å². The summed E-state index contributed by atoms with van der Waals surface area (Å²) in [6.07, 6.45) is 1.87. The summed E-state index contributed by atoms with van der Waals surface area (Å²) in [5.41, 5.74) is 0.858. The van der Waals surface area contributed by atoms with E-state index in [0.717, 1.165) is 36.6 Å². The number of fused-ring (bicyclic) bond motifs is 1. The van der Waals surface area contributed by atoms with Crippen LogP contribution in [0.15, 0.2) is 27.7 Å². The average molecular weight is 395 g/mol. The summed E-state index contributed by atoms with van der Waals surface area (Å²) in [5.74, 6) is 2.28. The number of aliphatic imine (C=N–C) groups is 1. The van der Waals surface area contributed by atoms with Crippen LogP contribution >= 0.6 is 15.9 Å². The lowest BCUT2D eigenvalue weighted by Crippen LogP contribution is -2.46. The van der Waals surface area contributed by atoms with Gasteiger partial charge in [0, 0.05) is 26.1 Å². The number of halogens is 2. The van der Waals surface area contributed by atoms with E-state index in [4.69, 9.17) is 0 Å². The largest absolute Gasteiger partial charge is 0.352 e. The van der Waals surface area contributed by atoms with Crippen molar-refractivity contribution in [2.75, 3.05) is 7.05 Å². The summed E-state index contributed by atoms with van der Waals surface area (Å²) >= 11 is 3.16. The molecule has 8 heteroatoms. The second-order valence-corrected chi connectivity index (χ2v) is 6.67. The number of aromatic nitrogens is 3. The highest BCUT2D eigenvalue weighted by molar-refractivity contribution is 9.10. The van der Waals surface area contributed by atoms with E-state index in [0.29, 0.717) is 17.0 Å². The maximum absolute atomic E-state index is 13.6. The van der Waals surface area contributed by atoms with Gasteiger partial charge in [-0.2, -0.15) is 5.10 Å². The first-order chi connectivity index (χ1) is 11.5. The summed E-state index contributed by atoms with van der Waals surface area (Å²) in [4.78, 5) is 8.66. The molecule has 0 amide bonds. The normalized spacial score (nSPS) is 17.5. The zero-order valence-electron chi connectivity index (χ0n) is 13.7. The van der Waals surface area contributed by atoms with Gasteiger partial charge in [-0.15, -0.1) is 0 Å². The highest BCUT2D eigenvalue weighted by Gasteiger charge is 2.21. The quantitative estimate of drug-likeness (QED) is 0.618. The van der Waals surface area contributed by atoms with Crippen molar-refractivity contribution in [2.45, 2.75) is 38.9 Å². The first kappa shape index (κ1) is 16.9. The average Bonchev–Trinajstić information content (AvgIpc) is 2.93. The van der Waals surface area contributed by atoms with Crippen molar-refractivity contribution in [1.82, 2.24) is 25.4 Å². The minimum atomic E-state index is -0.265. The number of hydrogen-bond acceptors (Lipinski definition) is 3. The molecule has 0 saturated heterocycles. The van der Waals surface area contributed by atoms with E-state index < -0.39 is 0 Å². The number of aryl methyl sites for hydroxylation is 2. The van der Waals surface area contributed by atoms with Crippen LogP contribution in [-0.4, -0.2) is 33.8 Å². The Hall–Kier alpha value is -1.96. The fourth-order valence-corrected chi connectivity index (χ4v) is 3.02. The van der Waals surface area contributed by atoms with Crippen LogP contribution in [0.25, 0.3) is 0 Å². The van der Waals surface area contributed by atoms with Crippen molar-refractivity contribution in [1.29, 1.82) is 0 Å². The number of guanidine groups is 1. The van der Waals surface area contributed by atoms with E-state index in [1.54, 1.807) is 13.1 Å². The van der Waals surface area contributed by atoms with Gasteiger partial charge < -0.3 is 10.6 Å². The van der Waals surface area contributed by atoms with Crippen LogP contribution in [0.5, 0.6) is 0 Å². The molecule has 0 spiro atoms. The molecule has 1 aliphatic heterocycles. The number of rotatable bonds is 3. The van der Waals surface area contributed by atoms with Gasteiger partial charge >= 0.3 is 0 Å². The van der Waals surface area contributed by atoms with Crippen LogP contribution in [0.4, 0.5) is 4.39 Å². The third kappa shape index (κ3) is 3.92. The Morgan fingerprint density at radius 2 is 2.33 bits per heavy atom. The molecule has 0 fully saturated rings. The zero-order valence-corrected chi connectivity index (χ0v) is 15.3. The first-order valence-electron chi connectivity index (χ1n) is 7.86. The molecule has 0 aliphatic carbocycles. The van der Waals surface area contributed by atoms with E-state index in [1.165, 1.54) is 6.07 Å². The van der Waals surface area contributed by atoms with Crippen molar-refractivity contribution in [2.24, 2.45) is 4.99 Å². The Morgan fingerprint density at radius 3 is 3.08 bits per heavy atom. The number of nitrogens with one attached hydrogen (secondary N) is 2. The molecule has 2 heterocycles. The molecule has 24 heavy (non-hydrogen) atoms. The Labute approximate surface area is 148 Å². The van der Waals surface area contributed by atoms with Crippen molar-refractivity contribution in [3.8, 4) is 0 Å². The molecule has 2 N–H and O–H groups in total. The Balaban J connectivity index is 1.56. The molecule has 0 saturated carbocycles. The van der Waals surface area contributed by atoms with Crippen LogP contribution in [-0.2, 0) is 19.5 Å². The van der Waals surface area contributed by atoms with Crippen LogP contribution in [0.1, 0.15) is 23.6 Å². The third-order valence-corrected chi connectivity index (χ3v) is 4.62. The van der Waals surface area contributed by atoms with Crippen LogP contribution in [0.3, 0.4) is 0 Å². The van der Waals surface area contributed by atoms with Crippen LogP contribution in [0.2, 0.25) is 0 Å². The summed E-state index contributed by atoms with van der Waals surface area (Å²) < 4.78 is 16.0. The maximum Gasteiger partial charge on any atom is 0.191 e. The topological polar surface area (TPSA) is 67.1 Å². The zero-order chi connectivity index (χ0) is 17.1. The molecule has 1 aromatic heterocycles. The molecule has 128 valence electrons. The Morgan fingerprint density at radius 1 is 1.50 bits per heavy atom. The minimum Gasteiger partial charge on any atom is -0.352 e. The van der Waals surface area contributed by atoms with Gasteiger partial charge in [-0.1, -0.05) is 6.07 Å². The maximum atomic E-state index is 13.6. The van der Waals surface area contributed by atoms with Gasteiger partial charge in [0.1, 0.15) is 17.5 Å². The lowest BCUT2D eigenvalue weighted by Gasteiger charge is -2.25. The Bertz CT molecular complexity index is 757. The molecular weight excluding hydrogens is 375 g/mol. The SMILES string of the molecule is CN=C(NCc1ccc(Br)c(F)c1)NC1CCc2nc(C)nn2C1. The molecule has 1 atom stereocenters. The summed E-state index contributed by atoms with van der Waals surface area (Å²) in [6, 6.07) is 5.33. The van der Waals surface area contributed by atoms with Crippen molar-refractivity contribution in [3.63, 3.8) is 0 Å². The molecule has 6 nitrogen and oxygen atoms in total. The highest BCUT2D eigenvalue weighted by atomic mass is 79.9. The highest BCUT2D eigenvalue weighted by Crippen LogP contribution is 2.16. The van der Waals surface area contributed by atoms with Crippen LogP contribution < -0.4 is 10.6 Å². The van der Waals surface area contributed by atoms with E-state index in [1.807, 2.05) is 17.7 Å². The number of benzene rings is 1. The van der Waals surface area contributed by atoms with Gasteiger partial charge in [0.05, 0.1) is 11.0 Å². The second-order valence-electron chi connectivity index (χ2n) is 5.81. The molecule has 1 aliphatic rings. The van der Waals surface area contributed by atoms with Gasteiger partial charge in [-0.3, -0.25) is 4.99 Å². The summed E-state index contributed by atoms with van der Waals surface area (Å²) in [7, 11) is 1.73. The predicted octanol–water partition coefficient (Wildman–Crippen LogP) is 2.17. The monoisotopic (exact) mass is 394 g/mol. The number of hydrogen-bond donors (Lipinski definition) is 2. The third-order valence-electron chi connectivity index (χ3n) is 3.97. The Kier molecular flexibility index (Phi) is 5.13. The van der Waals surface area contributed by atoms with E-state index in [9.17, 15) is 4.39 Å². The fraction of sp³-hybridized carbons (Fsp3) is 0.438. The smallest absolute Gasteiger partial charge is 0.191 e. The van der Waals surface area contributed by atoms with Gasteiger partial charge in [0.25, 0.3) is 0 Å². The number of nitrogens with zero attached hydrogens (tertiary/aromatic N) is 4. The minimum absolute atomic E-state index is 0.242. The summed E-state index contributed by atoms with van der Waals surface area (Å²) in [6.45, 7) is 3.18. The van der Waals surface area contributed by atoms with Gasteiger partial charge in [-0.25, -0.2) is 14.1 Å². The molecule has 0 bridgehead atoms. The lowest BCUT2D eigenvalue weighted by molar-refractivity contribution is 0.392. The van der Waals surface area contributed by atoms with Gasteiger partial charge in [0.2, 0.25) is 0 Å². The fourth-order valence-electron chi connectivity index (χ4n) is 2.77. The molecule has 2 aromatic rings. The van der Waals surface area contributed by atoms with Crippen molar-refractivity contribution < 1.29 is 4.39 Å². The molecular formula is C16H20BrFN6. The van der Waals surface area contributed by atoms with Crippen molar-refractivity contribution >= 4 is 21.9 Å². The molecule has 0 radical (unpaired) electrons. The second kappa shape index (κ2) is 7.29. The molecule has 1 unspecified atom stereocenters. The first-order valence-corrected chi connectivity index (χ1v) is 8.66. The van der Waals surface area contributed by atoms with E-state index in [2.05, 4.69) is 41.6 Å². The predicted molar refractivity (Wildman–Crippen MR) is 94.3 cm³/mol. The van der Waals surface area contributed by atoms with Crippen molar-refractivity contribution in [3.05, 3.63) is 45.7 Å². The van der Waals surface area contributed by atoms with E-state index >= 15 is 0 Å². The summed E-state index contributed by atoms with van der Waals surface area (Å²) in [5, 5.41) is 11.0. The van der Waals surface area contributed by atoms with Gasteiger partial charge in [0.15, 0.2) is 5.96 Å². The standard InChI is InChI=1S/C16H20BrFN6/c1-10-21-15-6-4-12(9-24(15)23-10)22-16(19-2)20-8-11-3-5-13(17)14(18)7-11/h3,5,7,12H,4,6,8-9H2,1-2H3,(H2,19,20,22). The molecule has 1 aromatic carbocycles. The molecule has 3 rings (SSSR count).